The van der Waals surface area contributed by atoms with Gasteiger partial charge in [0.25, 0.3) is 0 Å². The van der Waals surface area contributed by atoms with Crippen molar-refractivity contribution in [3.63, 3.8) is 0 Å². The number of phenols is 1. The molecule has 20 heavy (non-hydrogen) atoms. The van der Waals surface area contributed by atoms with E-state index in [2.05, 4.69) is 42.4 Å². The zero-order valence-electron chi connectivity index (χ0n) is 9.87. The third kappa shape index (κ3) is 3.88. The van der Waals surface area contributed by atoms with E-state index in [0.717, 1.165) is 11.3 Å². The van der Waals surface area contributed by atoms with E-state index in [0.29, 0.717) is 19.0 Å². The van der Waals surface area contributed by atoms with Crippen molar-refractivity contribution in [2.24, 2.45) is 5.10 Å². The van der Waals surface area contributed by atoms with Crippen molar-refractivity contribution >= 4 is 67.0 Å². The molecule has 0 atom stereocenters. The minimum Gasteiger partial charge on any atom is -0.506 e. The molecule has 0 aromatic heterocycles. The topological polar surface area (TPSA) is 44.6 Å². The first-order valence-corrected chi connectivity index (χ1v) is 7.73. The Morgan fingerprint density at radius 2 is 1.70 bits per heavy atom. The molecule has 2 aromatic rings. The molecule has 0 saturated carbocycles. The van der Waals surface area contributed by atoms with Gasteiger partial charge in [0.1, 0.15) is 5.75 Å². The second-order valence-corrected chi connectivity index (χ2v) is 6.36. The zero-order valence-corrected chi connectivity index (χ0v) is 14.6. The Hall–Kier alpha value is -0.750. The van der Waals surface area contributed by atoms with Crippen molar-refractivity contribution in [3.8, 4) is 5.75 Å². The first-order valence-electron chi connectivity index (χ1n) is 5.39. The van der Waals surface area contributed by atoms with Crippen molar-refractivity contribution in [2.75, 3.05) is 5.43 Å². The van der Waals surface area contributed by atoms with Crippen LogP contribution in [0.5, 0.6) is 5.75 Å². The number of anilines is 1. The third-order valence-corrected chi connectivity index (χ3v) is 4.31. The summed E-state index contributed by atoms with van der Waals surface area (Å²) in [5, 5.41) is 14.7. The summed E-state index contributed by atoms with van der Waals surface area (Å²) >= 11 is 18.2. The molecule has 0 spiro atoms. The molecule has 0 aliphatic rings. The predicted octanol–water partition coefficient (Wildman–Crippen LogP) is 5.67. The maximum Gasteiger partial charge on any atom is 0.143 e. The summed E-state index contributed by atoms with van der Waals surface area (Å²) in [4.78, 5) is 0. The van der Waals surface area contributed by atoms with Crippen LogP contribution in [0, 0.1) is 0 Å². The zero-order chi connectivity index (χ0) is 14.7. The molecule has 2 N–H and O–H groups in total. The van der Waals surface area contributed by atoms with Crippen LogP contribution in [0.3, 0.4) is 0 Å². The second kappa shape index (κ2) is 6.80. The van der Waals surface area contributed by atoms with Gasteiger partial charge < -0.3 is 5.11 Å². The van der Waals surface area contributed by atoms with E-state index >= 15 is 0 Å². The van der Waals surface area contributed by atoms with Gasteiger partial charge in [-0.05, 0) is 67.8 Å². The van der Waals surface area contributed by atoms with Crippen molar-refractivity contribution in [3.05, 3.63) is 54.9 Å². The molecule has 0 saturated heterocycles. The van der Waals surface area contributed by atoms with Gasteiger partial charge >= 0.3 is 0 Å². The van der Waals surface area contributed by atoms with Gasteiger partial charge in [0, 0.05) is 0 Å². The van der Waals surface area contributed by atoms with Crippen LogP contribution in [0.2, 0.25) is 10.0 Å². The van der Waals surface area contributed by atoms with Crippen LogP contribution in [-0.4, -0.2) is 11.3 Å². The fourth-order valence-corrected chi connectivity index (χ4v) is 2.93. The van der Waals surface area contributed by atoms with Gasteiger partial charge in [0.15, 0.2) is 0 Å². The van der Waals surface area contributed by atoms with E-state index in [1.807, 2.05) is 0 Å². The molecule has 104 valence electrons. The quantitative estimate of drug-likeness (QED) is 0.479. The number of hydrogen-bond acceptors (Lipinski definition) is 3. The van der Waals surface area contributed by atoms with Crippen molar-refractivity contribution < 1.29 is 5.11 Å². The largest absolute Gasteiger partial charge is 0.506 e. The van der Waals surface area contributed by atoms with Crippen LogP contribution < -0.4 is 5.43 Å². The molecular formula is C13H8Br2Cl2N2O. The van der Waals surface area contributed by atoms with Gasteiger partial charge in [-0.25, -0.2) is 0 Å². The molecule has 0 heterocycles. The van der Waals surface area contributed by atoms with E-state index in [1.165, 1.54) is 0 Å². The highest BCUT2D eigenvalue weighted by Gasteiger charge is 2.04. The summed E-state index contributed by atoms with van der Waals surface area (Å²) in [6.45, 7) is 0. The Balaban J connectivity index is 2.12. The maximum absolute atomic E-state index is 9.61. The van der Waals surface area contributed by atoms with Gasteiger partial charge in [-0.2, -0.15) is 5.10 Å². The number of nitrogens with zero attached hydrogens (tertiary/aromatic N) is 1. The first kappa shape index (κ1) is 15.6. The number of rotatable bonds is 3. The number of nitrogens with one attached hydrogen (secondary N) is 1. The number of hydrogen-bond donors (Lipinski definition) is 2. The number of hydrazone groups is 1. The van der Waals surface area contributed by atoms with E-state index < -0.39 is 0 Å². The fraction of sp³-hybridized carbons (Fsp3) is 0. The maximum atomic E-state index is 9.61. The predicted molar refractivity (Wildman–Crippen MR) is 91.2 cm³/mol. The molecule has 0 amide bonds. The highest BCUT2D eigenvalue weighted by atomic mass is 79.9. The van der Waals surface area contributed by atoms with Crippen molar-refractivity contribution in [2.45, 2.75) is 0 Å². The SMILES string of the molecule is Oc1c(Br)cc(/C=N/Nc2ccc(Cl)c(Cl)c2)cc1Br. The van der Waals surface area contributed by atoms with Crippen molar-refractivity contribution in [1.82, 2.24) is 0 Å². The van der Waals surface area contributed by atoms with Crippen LogP contribution in [0.1, 0.15) is 5.56 Å². The lowest BCUT2D eigenvalue weighted by atomic mass is 10.2. The standard InChI is InChI=1S/C13H8Br2Cl2N2O/c14-9-3-7(4-10(15)13(9)20)6-18-19-8-1-2-11(16)12(17)5-8/h1-6,19-20H/b18-6+. The van der Waals surface area contributed by atoms with Crippen LogP contribution in [0.25, 0.3) is 0 Å². The molecule has 2 aromatic carbocycles. The summed E-state index contributed by atoms with van der Waals surface area (Å²) in [7, 11) is 0. The summed E-state index contributed by atoms with van der Waals surface area (Å²) in [6.07, 6.45) is 1.62. The fourth-order valence-electron chi connectivity index (χ4n) is 1.41. The second-order valence-electron chi connectivity index (χ2n) is 3.83. The van der Waals surface area contributed by atoms with E-state index in [4.69, 9.17) is 23.2 Å². The average molecular weight is 439 g/mol. The lowest BCUT2D eigenvalue weighted by molar-refractivity contribution is 0.468. The molecule has 7 heteroatoms. The number of phenolic OH excluding ortho intramolecular Hbond substituents is 1. The van der Waals surface area contributed by atoms with Gasteiger partial charge in [-0.3, -0.25) is 5.43 Å². The Morgan fingerprint density at radius 1 is 1.05 bits per heavy atom. The average Bonchev–Trinajstić information content (AvgIpc) is 2.40. The minimum atomic E-state index is 0.152. The molecule has 0 aliphatic heterocycles. The lowest BCUT2D eigenvalue weighted by Crippen LogP contribution is -1.91. The normalized spacial score (nSPS) is 11.0. The van der Waals surface area contributed by atoms with Gasteiger partial charge in [0.2, 0.25) is 0 Å². The number of aromatic hydroxyl groups is 1. The van der Waals surface area contributed by atoms with Crippen LogP contribution in [0.15, 0.2) is 44.4 Å². The molecule has 0 fully saturated rings. The number of halogens is 4. The molecule has 3 nitrogen and oxygen atoms in total. The van der Waals surface area contributed by atoms with Crippen LogP contribution in [0.4, 0.5) is 5.69 Å². The highest BCUT2D eigenvalue weighted by Crippen LogP contribution is 2.32. The van der Waals surface area contributed by atoms with Gasteiger partial charge in [-0.15, -0.1) is 0 Å². The summed E-state index contributed by atoms with van der Waals surface area (Å²) < 4.78 is 1.17. The first-order chi connectivity index (χ1) is 9.47. The Labute approximate surface area is 142 Å². The Morgan fingerprint density at radius 3 is 2.30 bits per heavy atom. The number of benzene rings is 2. The molecular weight excluding hydrogens is 431 g/mol. The smallest absolute Gasteiger partial charge is 0.143 e. The van der Waals surface area contributed by atoms with Crippen LogP contribution in [-0.2, 0) is 0 Å². The van der Waals surface area contributed by atoms with E-state index in [1.54, 1.807) is 36.5 Å². The lowest BCUT2D eigenvalue weighted by Gasteiger charge is -2.03. The summed E-state index contributed by atoms with van der Waals surface area (Å²) in [5.74, 6) is 0.152. The Kier molecular flexibility index (Phi) is 5.32. The van der Waals surface area contributed by atoms with Crippen LogP contribution >= 0.6 is 55.1 Å². The third-order valence-electron chi connectivity index (χ3n) is 2.37. The Bertz CT molecular complexity index is 654. The highest BCUT2D eigenvalue weighted by molar-refractivity contribution is 9.11. The van der Waals surface area contributed by atoms with Gasteiger partial charge in [0.05, 0.1) is 30.9 Å². The molecule has 0 radical (unpaired) electrons. The monoisotopic (exact) mass is 436 g/mol. The molecule has 2 rings (SSSR count). The van der Waals surface area contributed by atoms with E-state index in [-0.39, 0.29) is 5.75 Å². The van der Waals surface area contributed by atoms with Crippen molar-refractivity contribution in [1.29, 1.82) is 0 Å². The molecule has 0 aliphatic carbocycles. The molecule has 0 unspecified atom stereocenters. The van der Waals surface area contributed by atoms with E-state index in [9.17, 15) is 5.11 Å². The van der Waals surface area contributed by atoms with Gasteiger partial charge in [-0.1, -0.05) is 23.2 Å². The molecule has 0 bridgehead atoms. The summed E-state index contributed by atoms with van der Waals surface area (Å²) in [6, 6.07) is 8.65. The minimum absolute atomic E-state index is 0.152. The summed E-state index contributed by atoms with van der Waals surface area (Å²) in [5.41, 5.74) is 4.39.